The zero-order valence-corrected chi connectivity index (χ0v) is 10.6. The van der Waals surface area contributed by atoms with E-state index in [4.69, 9.17) is 17.3 Å². The summed E-state index contributed by atoms with van der Waals surface area (Å²) in [6, 6.07) is 6.30. The molecular weight excluding hydrogens is 261 g/mol. The van der Waals surface area contributed by atoms with Gasteiger partial charge in [-0.25, -0.2) is 0 Å². The highest BCUT2D eigenvalue weighted by Crippen LogP contribution is 2.22. The topological polar surface area (TPSA) is 26.0 Å². The number of aryl methyl sites for hydroxylation is 1. The first kappa shape index (κ1) is 12.0. The Morgan fingerprint density at radius 1 is 1.50 bits per heavy atom. The van der Waals surface area contributed by atoms with Crippen molar-refractivity contribution in [1.29, 1.82) is 0 Å². The summed E-state index contributed by atoms with van der Waals surface area (Å²) in [4.78, 5) is 0. The Bertz CT molecular complexity index is 299. The summed E-state index contributed by atoms with van der Waals surface area (Å²) in [5.41, 5.74) is 6.88. The van der Waals surface area contributed by atoms with Crippen LogP contribution in [0.5, 0.6) is 0 Å². The summed E-state index contributed by atoms with van der Waals surface area (Å²) < 4.78 is 1.03. The molecule has 0 aliphatic heterocycles. The lowest BCUT2D eigenvalue weighted by Crippen LogP contribution is -2.14. The Labute approximate surface area is 98.8 Å². The van der Waals surface area contributed by atoms with Crippen molar-refractivity contribution in [2.75, 3.05) is 0 Å². The van der Waals surface area contributed by atoms with Crippen molar-refractivity contribution in [2.24, 2.45) is 5.73 Å². The van der Waals surface area contributed by atoms with Gasteiger partial charge in [-0.05, 0) is 43.9 Å². The highest BCUT2D eigenvalue weighted by atomic mass is 79.9. The first-order valence-electron chi connectivity index (χ1n) is 4.79. The molecular formula is C11H15BrClN. The lowest BCUT2D eigenvalue weighted by Gasteiger charge is -2.06. The van der Waals surface area contributed by atoms with Crippen molar-refractivity contribution in [2.45, 2.75) is 32.2 Å². The molecule has 0 saturated carbocycles. The number of rotatable bonds is 4. The molecule has 2 N–H and O–H groups in total. The zero-order valence-electron chi connectivity index (χ0n) is 8.26. The number of benzene rings is 1. The van der Waals surface area contributed by atoms with Crippen molar-refractivity contribution in [3.63, 3.8) is 0 Å². The molecule has 0 radical (unpaired) electrons. The second-order valence-corrected chi connectivity index (χ2v) is 4.93. The molecule has 0 aliphatic rings. The summed E-state index contributed by atoms with van der Waals surface area (Å²) in [6.45, 7) is 2.03. The molecule has 0 saturated heterocycles. The predicted molar refractivity (Wildman–Crippen MR) is 65.7 cm³/mol. The minimum atomic E-state index is 0.282. The van der Waals surface area contributed by atoms with Gasteiger partial charge in [-0.15, -0.1) is 0 Å². The fourth-order valence-corrected chi connectivity index (χ4v) is 2.11. The first-order valence-corrected chi connectivity index (χ1v) is 5.96. The maximum atomic E-state index is 6.08. The van der Waals surface area contributed by atoms with Crippen LogP contribution in [-0.2, 0) is 6.42 Å². The fourth-order valence-electron chi connectivity index (χ4n) is 1.34. The lowest BCUT2D eigenvalue weighted by molar-refractivity contribution is 0.624. The van der Waals surface area contributed by atoms with Gasteiger partial charge >= 0.3 is 0 Å². The van der Waals surface area contributed by atoms with Gasteiger partial charge in [0.2, 0.25) is 0 Å². The molecule has 0 amide bonds. The van der Waals surface area contributed by atoms with Gasteiger partial charge in [0, 0.05) is 15.5 Å². The number of nitrogens with two attached hydrogens (primary N) is 1. The van der Waals surface area contributed by atoms with Crippen LogP contribution in [0.2, 0.25) is 5.02 Å². The Kier molecular flexibility index (Phi) is 4.93. The van der Waals surface area contributed by atoms with Crippen LogP contribution in [0.25, 0.3) is 0 Å². The van der Waals surface area contributed by atoms with E-state index in [0.29, 0.717) is 0 Å². The molecule has 0 bridgehead atoms. The number of halogens is 2. The van der Waals surface area contributed by atoms with Crippen LogP contribution in [0.4, 0.5) is 0 Å². The van der Waals surface area contributed by atoms with Gasteiger partial charge < -0.3 is 5.73 Å². The molecule has 0 aromatic heterocycles. The van der Waals surface area contributed by atoms with Gasteiger partial charge in [-0.1, -0.05) is 33.6 Å². The third-order valence-electron chi connectivity index (χ3n) is 2.12. The average Bonchev–Trinajstić information content (AvgIpc) is 2.08. The quantitative estimate of drug-likeness (QED) is 0.890. The van der Waals surface area contributed by atoms with Crippen molar-refractivity contribution < 1.29 is 0 Å². The van der Waals surface area contributed by atoms with Crippen LogP contribution in [0, 0.1) is 0 Å². The monoisotopic (exact) mass is 275 g/mol. The number of hydrogen-bond donors (Lipinski definition) is 1. The zero-order chi connectivity index (χ0) is 10.6. The second-order valence-electron chi connectivity index (χ2n) is 3.61. The molecule has 0 aliphatic carbocycles. The van der Waals surface area contributed by atoms with E-state index in [-0.39, 0.29) is 6.04 Å². The van der Waals surface area contributed by atoms with Gasteiger partial charge in [0.05, 0.1) is 0 Å². The van der Waals surface area contributed by atoms with E-state index in [1.165, 1.54) is 5.56 Å². The van der Waals surface area contributed by atoms with Gasteiger partial charge in [0.1, 0.15) is 0 Å². The molecule has 0 fully saturated rings. The van der Waals surface area contributed by atoms with E-state index in [1.54, 1.807) is 0 Å². The van der Waals surface area contributed by atoms with E-state index >= 15 is 0 Å². The van der Waals surface area contributed by atoms with E-state index in [1.807, 2.05) is 19.1 Å². The van der Waals surface area contributed by atoms with Gasteiger partial charge in [-0.3, -0.25) is 0 Å². The van der Waals surface area contributed by atoms with E-state index < -0.39 is 0 Å². The summed E-state index contributed by atoms with van der Waals surface area (Å²) in [7, 11) is 0. The summed E-state index contributed by atoms with van der Waals surface area (Å²) in [5.74, 6) is 0. The van der Waals surface area contributed by atoms with E-state index in [2.05, 4.69) is 22.0 Å². The van der Waals surface area contributed by atoms with Crippen LogP contribution in [0.3, 0.4) is 0 Å². The third-order valence-corrected chi connectivity index (χ3v) is 2.97. The van der Waals surface area contributed by atoms with Crippen LogP contribution in [-0.4, -0.2) is 6.04 Å². The molecule has 0 spiro atoms. The third kappa shape index (κ3) is 3.99. The molecule has 1 rings (SSSR count). The van der Waals surface area contributed by atoms with Gasteiger partial charge in [0.15, 0.2) is 0 Å². The number of hydrogen-bond acceptors (Lipinski definition) is 1. The second kappa shape index (κ2) is 5.74. The van der Waals surface area contributed by atoms with E-state index in [0.717, 1.165) is 28.8 Å². The highest BCUT2D eigenvalue weighted by Gasteiger charge is 2.01. The normalized spacial score (nSPS) is 12.9. The smallest absolute Gasteiger partial charge is 0.0449 e. The maximum Gasteiger partial charge on any atom is 0.0449 e. The minimum Gasteiger partial charge on any atom is -0.328 e. The molecule has 1 unspecified atom stereocenters. The minimum absolute atomic E-state index is 0.282. The maximum absolute atomic E-state index is 6.08. The van der Waals surface area contributed by atoms with Crippen molar-refractivity contribution in [1.82, 2.24) is 0 Å². The standard InChI is InChI=1S/C11H15BrClN/c1-8(14)3-2-4-9-5-6-10(12)7-11(9)13/h5-8H,2-4,14H2,1H3. The largest absolute Gasteiger partial charge is 0.328 e. The lowest BCUT2D eigenvalue weighted by atomic mass is 10.1. The Balaban J connectivity index is 2.51. The van der Waals surface area contributed by atoms with E-state index in [9.17, 15) is 0 Å². The molecule has 3 heteroatoms. The Morgan fingerprint density at radius 3 is 2.79 bits per heavy atom. The molecule has 1 aromatic carbocycles. The molecule has 1 aromatic rings. The highest BCUT2D eigenvalue weighted by molar-refractivity contribution is 9.10. The molecule has 78 valence electrons. The fraction of sp³-hybridized carbons (Fsp3) is 0.455. The van der Waals surface area contributed by atoms with Crippen LogP contribution < -0.4 is 5.73 Å². The summed E-state index contributed by atoms with van der Waals surface area (Å²) >= 11 is 9.47. The molecule has 1 nitrogen and oxygen atoms in total. The Morgan fingerprint density at radius 2 is 2.21 bits per heavy atom. The molecule has 1 atom stereocenters. The average molecular weight is 277 g/mol. The van der Waals surface area contributed by atoms with Crippen molar-refractivity contribution in [3.05, 3.63) is 33.3 Å². The molecule has 0 heterocycles. The first-order chi connectivity index (χ1) is 6.59. The Hall–Kier alpha value is -0.0500. The van der Waals surface area contributed by atoms with Gasteiger partial charge in [0.25, 0.3) is 0 Å². The molecule has 14 heavy (non-hydrogen) atoms. The summed E-state index contributed by atoms with van der Waals surface area (Å²) in [6.07, 6.45) is 3.15. The van der Waals surface area contributed by atoms with Gasteiger partial charge in [-0.2, -0.15) is 0 Å². The van der Waals surface area contributed by atoms with Crippen LogP contribution in [0.15, 0.2) is 22.7 Å². The van der Waals surface area contributed by atoms with Crippen LogP contribution >= 0.6 is 27.5 Å². The van der Waals surface area contributed by atoms with Crippen molar-refractivity contribution in [3.8, 4) is 0 Å². The predicted octanol–water partition coefficient (Wildman–Crippen LogP) is 3.77. The van der Waals surface area contributed by atoms with Crippen LogP contribution in [0.1, 0.15) is 25.3 Å². The van der Waals surface area contributed by atoms with Crippen molar-refractivity contribution >= 4 is 27.5 Å². The SMILES string of the molecule is CC(N)CCCc1ccc(Br)cc1Cl. The summed E-state index contributed by atoms with van der Waals surface area (Å²) in [5, 5.41) is 0.837.